The monoisotopic (exact) mass is 331 g/mol. The number of carbonyl (C=O) groups excluding carboxylic acids is 1. The van der Waals surface area contributed by atoms with E-state index in [-0.39, 0.29) is 5.91 Å². The minimum Gasteiger partial charge on any atom is -0.333 e. The summed E-state index contributed by atoms with van der Waals surface area (Å²) in [6.45, 7) is 6.14. The fourth-order valence-electron chi connectivity index (χ4n) is 2.35. The summed E-state index contributed by atoms with van der Waals surface area (Å²) >= 11 is 1.57. The summed E-state index contributed by atoms with van der Waals surface area (Å²) in [5.41, 5.74) is 7.29. The molecule has 1 heterocycles. The molecule has 2 N–H and O–H groups in total. The van der Waals surface area contributed by atoms with E-state index in [1.54, 1.807) is 11.3 Å². The molecule has 0 aliphatic heterocycles. The standard InChI is InChI=1S/C18H25N3OS/c1-14(2)11-17-20-16(13-23-17)18(22)21(10-6-9-19)12-15-7-4-3-5-8-15/h3-5,7-8,13-14H,6,9-12,19H2,1-2H3. The summed E-state index contributed by atoms with van der Waals surface area (Å²) in [6, 6.07) is 10.0. The lowest BCUT2D eigenvalue weighted by molar-refractivity contribution is 0.0737. The largest absolute Gasteiger partial charge is 0.333 e. The van der Waals surface area contributed by atoms with Gasteiger partial charge in [0.25, 0.3) is 5.91 Å². The van der Waals surface area contributed by atoms with Gasteiger partial charge in [0.1, 0.15) is 5.69 Å². The van der Waals surface area contributed by atoms with Crippen molar-refractivity contribution in [1.82, 2.24) is 9.88 Å². The van der Waals surface area contributed by atoms with Gasteiger partial charge in [-0.2, -0.15) is 0 Å². The minimum atomic E-state index is -0.00596. The number of aromatic nitrogens is 1. The van der Waals surface area contributed by atoms with Crippen molar-refractivity contribution in [3.05, 3.63) is 52.0 Å². The molecular weight excluding hydrogens is 306 g/mol. The highest BCUT2D eigenvalue weighted by Crippen LogP contribution is 2.17. The van der Waals surface area contributed by atoms with Gasteiger partial charge in [-0.15, -0.1) is 11.3 Å². The minimum absolute atomic E-state index is 0.00596. The normalized spacial score (nSPS) is 11.0. The van der Waals surface area contributed by atoms with Crippen LogP contribution in [0.2, 0.25) is 0 Å². The van der Waals surface area contributed by atoms with Crippen LogP contribution in [-0.2, 0) is 13.0 Å². The zero-order valence-corrected chi connectivity index (χ0v) is 14.7. The summed E-state index contributed by atoms with van der Waals surface area (Å²) < 4.78 is 0. The van der Waals surface area contributed by atoms with Crippen LogP contribution >= 0.6 is 11.3 Å². The second kappa shape index (κ2) is 8.79. The van der Waals surface area contributed by atoms with Crippen LogP contribution in [0.1, 0.15) is 41.3 Å². The first-order valence-corrected chi connectivity index (χ1v) is 8.95. The van der Waals surface area contributed by atoms with Crippen LogP contribution in [0.5, 0.6) is 0 Å². The Morgan fingerprint density at radius 2 is 2.04 bits per heavy atom. The third kappa shape index (κ3) is 5.44. The van der Waals surface area contributed by atoms with Crippen molar-refractivity contribution in [2.75, 3.05) is 13.1 Å². The van der Waals surface area contributed by atoms with E-state index in [2.05, 4.69) is 18.8 Å². The van der Waals surface area contributed by atoms with Gasteiger partial charge in [0, 0.05) is 24.9 Å². The van der Waals surface area contributed by atoms with Crippen molar-refractivity contribution >= 4 is 17.2 Å². The molecule has 0 aliphatic carbocycles. The molecule has 1 amide bonds. The predicted octanol–water partition coefficient (Wildman–Crippen LogP) is 3.33. The van der Waals surface area contributed by atoms with Gasteiger partial charge in [0.2, 0.25) is 0 Å². The molecule has 0 radical (unpaired) electrons. The van der Waals surface area contributed by atoms with Crippen molar-refractivity contribution in [3.8, 4) is 0 Å². The third-order valence-electron chi connectivity index (χ3n) is 3.49. The summed E-state index contributed by atoms with van der Waals surface area (Å²) in [7, 11) is 0. The Morgan fingerprint density at radius 1 is 1.30 bits per heavy atom. The maximum atomic E-state index is 12.8. The number of hydrogen-bond acceptors (Lipinski definition) is 4. The number of benzene rings is 1. The Kier molecular flexibility index (Phi) is 6.74. The second-order valence-electron chi connectivity index (χ2n) is 6.08. The molecule has 0 saturated heterocycles. The maximum Gasteiger partial charge on any atom is 0.273 e. The fourth-order valence-corrected chi connectivity index (χ4v) is 3.33. The van der Waals surface area contributed by atoms with Crippen LogP contribution in [0.15, 0.2) is 35.7 Å². The Bertz CT molecular complexity index is 610. The van der Waals surface area contributed by atoms with E-state index in [9.17, 15) is 4.79 Å². The van der Waals surface area contributed by atoms with Crippen molar-refractivity contribution in [1.29, 1.82) is 0 Å². The van der Waals surface area contributed by atoms with E-state index in [1.165, 1.54) is 0 Å². The Hall–Kier alpha value is -1.72. The van der Waals surface area contributed by atoms with E-state index >= 15 is 0 Å². The van der Waals surface area contributed by atoms with Gasteiger partial charge in [-0.25, -0.2) is 4.98 Å². The van der Waals surface area contributed by atoms with Gasteiger partial charge in [-0.05, 0) is 24.4 Å². The highest BCUT2D eigenvalue weighted by Gasteiger charge is 2.19. The quantitative estimate of drug-likeness (QED) is 0.807. The SMILES string of the molecule is CC(C)Cc1nc(C(=O)N(CCCN)Cc2ccccc2)cs1. The highest BCUT2D eigenvalue weighted by atomic mass is 32.1. The van der Waals surface area contributed by atoms with Crippen LogP contribution in [0.3, 0.4) is 0 Å². The van der Waals surface area contributed by atoms with Gasteiger partial charge >= 0.3 is 0 Å². The molecule has 0 unspecified atom stereocenters. The smallest absolute Gasteiger partial charge is 0.273 e. The zero-order valence-electron chi connectivity index (χ0n) is 13.9. The summed E-state index contributed by atoms with van der Waals surface area (Å²) in [5.74, 6) is 0.537. The maximum absolute atomic E-state index is 12.8. The number of rotatable bonds is 8. The van der Waals surface area contributed by atoms with Gasteiger partial charge in [-0.3, -0.25) is 4.79 Å². The van der Waals surface area contributed by atoms with E-state index in [4.69, 9.17) is 5.73 Å². The van der Waals surface area contributed by atoms with Crippen molar-refractivity contribution in [2.24, 2.45) is 11.7 Å². The first kappa shape index (κ1) is 17.6. The van der Waals surface area contributed by atoms with Gasteiger partial charge in [0.15, 0.2) is 0 Å². The highest BCUT2D eigenvalue weighted by molar-refractivity contribution is 7.09. The molecule has 0 fully saturated rings. The molecular formula is C18H25N3OS. The average molecular weight is 331 g/mol. The molecule has 4 nitrogen and oxygen atoms in total. The Labute approximate surface area is 142 Å². The van der Waals surface area contributed by atoms with Gasteiger partial charge in [0.05, 0.1) is 5.01 Å². The average Bonchev–Trinajstić information content (AvgIpc) is 2.99. The first-order valence-electron chi connectivity index (χ1n) is 8.07. The molecule has 2 aromatic rings. The van der Waals surface area contributed by atoms with Crippen LogP contribution in [0.4, 0.5) is 0 Å². The number of amides is 1. The van der Waals surface area contributed by atoms with Crippen molar-refractivity contribution < 1.29 is 4.79 Å². The van der Waals surface area contributed by atoms with E-state index in [0.29, 0.717) is 31.2 Å². The number of hydrogen-bond donors (Lipinski definition) is 1. The molecule has 0 bridgehead atoms. The third-order valence-corrected chi connectivity index (χ3v) is 4.36. The van der Waals surface area contributed by atoms with Crippen LogP contribution < -0.4 is 5.73 Å². The van der Waals surface area contributed by atoms with E-state index < -0.39 is 0 Å². The Balaban J connectivity index is 2.10. The lowest BCUT2D eigenvalue weighted by Gasteiger charge is -2.21. The summed E-state index contributed by atoms with van der Waals surface area (Å²) in [6.07, 6.45) is 1.71. The molecule has 0 aliphatic rings. The fraction of sp³-hybridized carbons (Fsp3) is 0.444. The van der Waals surface area contributed by atoms with Crippen molar-refractivity contribution in [2.45, 2.75) is 33.2 Å². The predicted molar refractivity (Wildman–Crippen MR) is 95.5 cm³/mol. The molecule has 0 spiro atoms. The summed E-state index contributed by atoms with van der Waals surface area (Å²) in [5, 5.41) is 2.90. The Morgan fingerprint density at radius 3 is 2.70 bits per heavy atom. The van der Waals surface area contributed by atoms with Crippen LogP contribution in [-0.4, -0.2) is 28.9 Å². The van der Waals surface area contributed by atoms with E-state index in [0.717, 1.165) is 23.4 Å². The number of thiazole rings is 1. The van der Waals surface area contributed by atoms with Gasteiger partial charge < -0.3 is 10.6 Å². The lowest BCUT2D eigenvalue weighted by Crippen LogP contribution is -2.32. The molecule has 23 heavy (non-hydrogen) atoms. The molecule has 1 aromatic carbocycles. The van der Waals surface area contributed by atoms with E-state index in [1.807, 2.05) is 40.6 Å². The number of nitrogens with two attached hydrogens (primary N) is 1. The second-order valence-corrected chi connectivity index (χ2v) is 7.02. The van der Waals surface area contributed by atoms with Crippen LogP contribution in [0, 0.1) is 5.92 Å². The zero-order chi connectivity index (χ0) is 16.7. The molecule has 0 atom stereocenters. The van der Waals surface area contributed by atoms with Gasteiger partial charge in [-0.1, -0.05) is 44.2 Å². The van der Waals surface area contributed by atoms with Crippen LogP contribution in [0.25, 0.3) is 0 Å². The molecule has 124 valence electrons. The molecule has 0 saturated carbocycles. The number of nitrogens with zero attached hydrogens (tertiary/aromatic N) is 2. The summed E-state index contributed by atoms with van der Waals surface area (Å²) in [4.78, 5) is 19.1. The molecule has 5 heteroatoms. The first-order chi connectivity index (χ1) is 11.1. The lowest BCUT2D eigenvalue weighted by atomic mass is 10.1. The molecule has 1 aromatic heterocycles. The number of carbonyl (C=O) groups is 1. The topological polar surface area (TPSA) is 59.2 Å². The molecule has 2 rings (SSSR count). The van der Waals surface area contributed by atoms with Crippen molar-refractivity contribution in [3.63, 3.8) is 0 Å².